The lowest BCUT2D eigenvalue weighted by Crippen LogP contribution is -1.95. The van der Waals surface area contributed by atoms with Crippen LogP contribution in [0.25, 0.3) is 0 Å². The lowest BCUT2D eigenvalue weighted by Gasteiger charge is -2.00. The molecule has 1 N–H and O–H groups in total. The summed E-state index contributed by atoms with van der Waals surface area (Å²) in [6.45, 7) is 0. The standard InChI is InChI=1S/C7H3Cl3O2.C6H4Cl2O/c8-5-2-1-4(3-6(5)9)12-7(10)11;7-5-2-1-4(9)3-6(5)8/h1-3H;1-3,9H. The van der Waals surface area contributed by atoms with Crippen molar-refractivity contribution >= 4 is 63.4 Å². The second-order valence-electron chi connectivity index (χ2n) is 3.51. The Hall–Kier alpha value is -0.840. The van der Waals surface area contributed by atoms with E-state index in [0.29, 0.717) is 20.1 Å². The lowest BCUT2D eigenvalue weighted by molar-refractivity contribution is 0.225. The molecule has 0 radical (unpaired) electrons. The highest BCUT2D eigenvalue weighted by atomic mass is 35.5. The summed E-state index contributed by atoms with van der Waals surface area (Å²) in [6, 6.07) is 8.83. The van der Waals surface area contributed by atoms with Crippen molar-refractivity contribution in [1.29, 1.82) is 0 Å². The molecule has 3 nitrogen and oxygen atoms in total. The number of phenolic OH excluding ortho intramolecular Hbond substituents is 1. The van der Waals surface area contributed by atoms with E-state index >= 15 is 0 Å². The fourth-order valence-electron chi connectivity index (χ4n) is 1.12. The van der Waals surface area contributed by atoms with Crippen LogP contribution in [-0.4, -0.2) is 10.5 Å². The quantitative estimate of drug-likeness (QED) is 0.573. The molecule has 0 unspecified atom stereocenters. The number of rotatable bonds is 1. The van der Waals surface area contributed by atoms with E-state index in [2.05, 4.69) is 4.74 Å². The molecule has 0 heterocycles. The molecule has 0 fully saturated rings. The minimum absolute atomic E-state index is 0.129. The number of carbonyl (C=O) groups excluding carboxylic acids is 1. The number of ether oxygens (including phenoxy) is 1. The monoisotopic (exact) mass is 386 g/mol. The normalized spacial score (nSPS) is 9.57. The first kappa shape index (κ1) is 18.2. The fourth-order valence-corrected chi connectivity index (χ4v) is 1.79. The zero-order valence-corrected chi connectivity index (χ0v) is 13.9. The predicted octanol–water partition coefficient (Wildman–Crippen LogP) is 6.43. The van der Waals surface area contributed by atoms with E-state index in [0.717, 1.165) is 0 Å². The van der Waals surface area contributed by atoms with Crippen LogP contribution in [0.4, 0.5) is 4.79 Å². The van der Waals surface area contributed by atoms with Crippen LogP contribution in [-0.2, 0) is 0 Å². The van der Waals surface area contributed by atoms with Crippen molar-refractivity contribution in [2.24, 2.45) is 0 Å². The van der Waals surface area contributed by atoms with Gasteiger partial charge in [0.15, 0.2) is 0 Å². The third kappa shape index (κ3) is 6.64. The highest BCUT2D eigenvalue weighted by Gasteiger charge is 2.02. The molecule has 21 heavy (non-hydrogen) atoms. The minimum atomic E-state index is -0.909. The number of phenols is 1. The van der Waals surface area contributed by atoms with Crippen molar-refractivity contribution in [2.75, 3.05) is 0 Å². The first-order chi connectivity index (χ1) is 9.79. The van der Waals surface area contributed by atoms with Gasteiger partial charge in [0.2, 0.25) is 0 Å². The Morgan fingerprint density at radius 1 is 0.857 bits per heavy atom. The van der Waals surface area contributed by atoms with Gasteiger partial charge in [-0.1, -0.05) is 46.4 Å². The number of carbonyl (C=O) groups is 1. The summed E-state index contributed by atoms with van der Waals surface area (Å²) >= 11 is 27.3. The number of hydrogen-bond acceptors (Lipinski definition) is 3. The molecule has 0 aliphatic carbocycles. The predicted molar refractivity (Wildman–Crippen MR) is 86.5 cm³/mol. The van der Waals surface area contributed by atoms with Crippen molar-refractivity contribution < 1.29 is 14.6 Å². The maximum absolute atomic E-state index is 10.3. The molecule has 0 aromatic heterocycles. The van der Waals surface area contributed by atoms with Crippen LogP contribution >= 0.6 is 58.0 Å². The fraction of sp³-hybridized carbons (Fsp3) is 0. The Bertz CT molecular complexity index is 646. The Balaban J connectivity index is 0.000000219. The van der Waals surface area contributed by atoms with E-state index in [4.69, 9.17) is 63.1 Å². The van der Waals surface area contributed by atoms with Crippen LogP contribution in [0.2, 0.25) is 20.1 Å². The van der Waals surface area contributed by atoms with E-state index in [1.54, 1.807) is 6.07 Å². The molecule has 0 aliphatic rings. The van der Waals surface area contributed by atoms with Crippen molar-refractivity contribution in [1.82, 2.24) is 0 Å². The SMILES string of the molecule is O=C(Cl)Oc1ccc(Cl)c(Cl)c1.Oc1ccc(Cl)c(Cl)c1. The van der Waals surface area contributed by atoms with Crippen LogP contribution in [0, 0.1) is 0 Å². The summed E-state index contributed by atoms with van der Waals surface area (Å²) in [5.74, 6) is 0.397. The summed E-state index contributed by atoms with van der Waals surface area (Å²) in [6.07, 6.45) is 0. The van der Waals surface area contributed by atoms with Crippen LogP contribution in [0.1, 0.15) is 0 Å². The van der Waals surface area contributed by atoms with Crippen LogP contribution in [0.3, 0.4) is 0 Å². The summed E-state index contributed by atoms with van der Waals surface area (Å²) < 4.78 is 4.53. The molecular weight excluding hydrogens is 381 g/mol. The van der Waals surface area contributed by atoms with Gasteiger partial charge < -0.3 is 9.84 Å². The minimum Gasteiger partial charge on any atom is -0.508 e. The third-order valence-corrected chi connectivity index (χ3v) is 3.55. The van der Waals surface area contributed by atoms with Crippen LogP contribution in [0.5, 0.6) is 11.5 Å². The van der Waals surface area contributed by atoms with Gasteiger partial charge in [0.1, 0.15) is 11.5 Å². The molecule has 0 saturated carbocycles. The lowest BCUT2D eigenvalue weighted by atomic mass is 10.3. The van der Waals surface area contributed by atoms with E-state index in [-0.39, 0.29) is 11.5 Å². The molecular formula is C13H7Cl5O3. The first-order valence-corrected chi connectivity index (χ1v) is 7.15. The van der Waals surface area contributed by atoms with E-state index < -0.39 is 5.43 Å². The van der Waals surface area contributed by atoms with Gasteiger partial charge in [0.05, 0.1) is 20.1 Å². The Morgan fingerprint density at radius 2 is 1.38 bits per heavy atom. The van der Waals surface area contributed by atoms with Crippen molar-refractivity contribution in [3.8, 4) is 11.5 Å². The second-order valence-corrected chi connectivity index (χ2v) is 5.45. The van der Waals surface area contributed by atoms with Gasteiger partial charge in [0.25, 0.3) is 0 Å². The molecule has 0 atom stereocenters. The topological polar surface area (TPSA) is 46.5 Å². The summed E-state index contributed by atoms with van der Waals surface area (Å²) in [5.41, 5.74) is -0.909. The Morgan fingerprint density at radius 3 is 1.81 bits per heavy atom. The Kier molecular flexibility index (Phi) is 7.43. The van der Waals surface area contributed by atoms with E-state index in [9.17, 15) is 4.79 Å². The van der Waals surface area contributed by atoms with Gasteiger partial charge >= 0.3 is 5.43 Å². The molecule has 0 amide bonds. The van der Waals surface area contributed by atoms with Crippen LogP contribution in [0.15, 0.2) is 36.4 Å². The number of halogens is 5. The van der Waals surface area contributed by atoms with E-state index in [1.807, 2.05) is 0 Å². The van der Waals surface area contributed by atoms with Gasteiger partial charge in [-0.2, -0.15) is 0 Å². The molecule has 2 aromatic carbocycles. The average Bonchev–Trinajstić information content (AvgIpc) is 2.39. The second kappa shape index (κ2) is 8.57. The molecule has 2 aromatic rings. The van der Waals surface area contributed by atoms with Gasteiger partial charge in [-0.3, -0.25) is 0 Å². The summed E-state index contributed by atoms with van der Waals surface area (Å²) in [5, 5.41) is 10.3. The van der Waals surface area contributed by atoms with Crippen molar-refractivity contribution in [2.45, 2.75) is 0 Å². The maximum Gasteiger partial charge on any atom is 0.409 e. The average molecular weight is 388 g/mol. The van der Waals surface area contributed by atoms with Crippen LogP contribution < -0.4 is 4.74 Å². The molecule has 8 heteroatoms. The molecule has 0 bridgehead atoms. The zero-order chi connectivity index (χ0) is 16.0. The largest absolute Gasteiger partial charge is 0.508 e. The number of hydrogen-bond donors (Lipinski definition) is 1. The number of benzene rings is 2. The smallest absolute Gasteiger partial charge is 0.409 e. The molecule has 0 aliphatic heterocycles. The maximum atomic E-state index is 10.3. The van der Waals surface area contributed by atoms with E-state index in [1.165, 1.54) is 30.3 Å². The third-order valence-electron chi connectivity index (χ3n) is 1.99. The van der Waals surface area contributed by atoms with Gasteiger partial charge in [0, 0.05) is 17.7 Å². The molecule has 0 saturated heterocycles. The van der Waals surface area contributed by atoms with Gasteiger partial charge in [-0.15, -0.1) is 0 Å². The summed E-state index contributed by atoms with van der Waals surface area (Å²) in [7, 11) is 0. The summed E-state index contributed by atoms with van der Waals surface area (Å²) in [4.78, 5) is 10.3. The highest BCUT2D eigenvalue weighted by molar-refractivity contribution is 6.61. The zero-order valence-electron chi connectivity index (χ0n) is 10.1. The molecule has 112 valence electrons. The number of aromatic hydroxyl groups is 1. The van der Waals surface area contributed by atoms with Gasteiger partial charge in [-0.05, 0) is 30.3 Å². The Labute approximate surface area is 145 Å². The van der Waals surface area contributed by atoms with Crippen molar-refractivity contribution in [3.05, 3.63) is 56.5 Å². The molecule has 0 spiro atoms. The molecule has 2 rings (SSSR count). The van der Waals surface area contributed by atoms with Crippen molar-refractivity contribution in [3.63, 3.8) is 0 Å². The van der Waals surface area contributed by atoms with Gasteiger partial charge in [-0.25, -0.2) is 4.79 Å². The highest BCUT2D eigenvalue weighted by Crippen LogP contribution is 2.26. The first-order valence-electron chi connectivity index (χ1n) is 5.26.